The maximum absolute atomic E-state index is 12.5. The van der Waals surface area contributed by atoms with Crippen molar-refractivity contribution in [3.8, 4) is 0 Å². The minimum absolute atomic E-state index is 0. The molecule has 0 unspecified atom stereocenters. The summed E-state index contributed by atoms with van der Waals surface area (Å²) < 4.78 is 17.1. The fourth-order valence-corrected chi connectivity index (χ4v) is 1.03. The normalized spacial score (nSPS) is 11.1. The number of carbonyl (C=O) groups excluding carboxylic acids is 1. The second-order valence-corrected chi connectivity index (χ2v) is 2.90. The fraction of sp³-hybridized carbons (Fsp3) is 0.300. The lowest BCUT2D eigenvalue weighted by Crippen LogP contribution is -2.27. The average molecular weight is 234 g/mol. The number of halogens is 2. The highest BCUT2D eigenvalue weighted by molar-refractivity contribution is 5.85. The van der Waals surface area contributed by atoms with Gasteiger partial charge in [-0.1, -0.05) is 0 Å². The second-order valence-electron chi connectivity index (χ2n) is 2.90. The van der Waals surface area contributed by atoms with E-state index in [1.54, 1.807) is 19.1 Å². The van der Waals surface area contributed by atoms with Crippen LogP contribution in [0.3, 0.4) is 0 Å². The van der Waals surface area contributed by atoms with E-state index in [0.717, 1.165) is 0 Å². The summed E-state index contributed by atoms with van der Waals surface area (Å²) in [5.74, 6) is -0.657. The zero-order valence-electron chi connectivity index (χ0n) is 8.49. The molecule has 0 fully saturated rings. The first kappa shape index (κ1) is 13.7. The van der Waals surface area contributed by atoms with Crippen molar-refractivity contribution in [2.24, 2.45) is 0 Å². The largest absolute Gasteiger partial charge is 0.467 e. The zero-order valence-corrected chi connectivity index (χ0v) is 9.31. The van der Waals surface area contributed by atoms with Crippen LogP contribution in [0.1, 0.15) is 6.92 Å². The van der Waals surface area contributed by atoms with Gasteiger partial charge in [-0.15, -0.1) is 12.4 Å². The Kier molecular flexibility index (Phi) is 5.70. The van der Waals surface area contributed by atoms with Crippen LogP contribution in [0.5, 0.6) is 0 Å². The van der Waals surface area contributed by atoms with Crippen molar-refractivity contribution in [2.45, 2.75) is 13.0 Å². The molecule has 3 nitrogen and oxygen atoms in total. The molecule has 0 aliphatic rings. The summed E-state index contributed by atoms with van der Waals surface area (Å²) in [6, 6.07) is 5.34. The Morgan fingerprint density at radius 2 is 1.93 bits per heavy atom. The third-order valence-corrected chi connectivity index (χ3v) is 1.78. The molecule has 0 spiro atoms. The highest BCUT2D eigenvalue weighted by Crippen LogP contribution is 2.09. The van der Waals surface area contributed by atoms with Crippen LogP contribution in [0.4, 0.5) is 10.1 Å². The van der Waals surface area contributed by atoms with Crippen LogP contribution in [0.2, 0.25) is 0 Å². The van der Waals surface area contributed by atoms with Gasteiger partial charge in [0.15, 0.2) is 0 Å². The molecule has 0 aromatic heterocycles. The number of anilines is 1. The van der Waals surface area contributed by atoms with Crippen molar-refractivity contribution in [1.82, 2.24) is 0 Å². The highest BCUT2D eigenvalue weighted by atomic mass is 35.5. The molecule has 0 saturated heterocycles. The van der Waals surface area contributed by atoms with Gasteiger partial charge < -0.3 is 10.1 Å². The first-order valence-corrected chi connectivity index (χ1v) is 4.23. The maximum Gasteiger partial charge on any atom is 0.327 e. The summed E-state index contributed by atoms with van der Waals surface area (Å²) in [5.41, 5.74) is 0.685. The molecule has 84 valence electrons. The van der Waals surface area contributed by atoms with Crippen LogP contribution < -0.4 is 5.32 Å². The summed E-state index contributed by atoms with van der Waals surface area (Å²) in [6.07, 6.45) is 0. The average Bonchev–Trinajstić information content (AvgIpc) is 2.20. The number of carbonyl (C=O) groups is 1. The smallest absolute Gasteiger partial charge is 0.327 e. The number of esters is 1. The molecule has 1 atom stereocenters. The van der Waals surface area contributed by atoms with E-state index in [1.165, 1.54) is 19.2 Å². The van der Waals surface area contributed by atoms with E-state index in [9.17, 15) is 9.18 Å². The summed E-state index contributed by atoms with van der Waals surface area (Å²) in [5, 5.41) is 2.88. The lowest BCUT2D eigenvalue weighted by Gasteiger charge is -2.12. The Labute approximate surface area is 94.0 Å². The number of nitrogens with one attached hydrogen (secondary N) is 1. The van der Waals surface area contributed by atoms with Crippen molar-refractivity contribution in [1.29, 1.82) is 0 Å². The first-order chi connectivity index (χ1) is 6.63. The fourth-order valence-electron chi connectivity index (χ4n) is 1.03. The summed E-state index contributed by atoms with van der Waals surface area (Å²) in [7, 11) is 1.32. The van der Waals surface area contributed by atoms with E-state index in [0.29, 0.717) is 5.69 Å². The van der Waals surface area contributed by atoms with Crippen LogP contribution in [0, 0.1) is 5.82 Å². The van der Waals surface area contributed by atoms with Crippen LogP contribution in [0.25, 0.3) is 0 Å². The molecule has 5 heteroatoms. The van der Waals surface area contributed by atoms with Gasteiger partial charge in [-0.2, -0.15) is 0 Å². The van der Waals surface area contributed by atoms with Crippen LogP contribution in [-0.2, 0) is 9.53 Å². The van der Waals surface area contributed by atoms with Gasteiger partial charge in [0.25, 0.3) is 0 Å². The third-order valence-electron chi connectivity index (χ3n) is 1.78. The van der Waals surface area contributed by atoms with Crippen molar-refractivity contribution >= 4 is 24.1 Å². The molecular weight excluding hydrogens is 221 g/mol. The van der Waals surface area contributed by atoms with Crippen molar-refractivity contribution < 1.29 is 13.9 Å². The summed E-state index contributed by atoms with van der Waals surface area (Å²) >= 11 is 0. The molecule has 0 aliphatic carbocycles. The number of methoxy groups -OCH3 is 1. The lowest BCUT2D eigenvalue weighted by molar-refractivity contribution is -0.141. The van der Waals surface area contributed by atoms with Gasteiger partial charge in [-0.3, -0.25) is 0 Å². The number of ether oxygens (including phenoxy) is 1. The van der Waals surface area contributed by atoms with Crippen molar-refractivity contribution in [3.05, 3.63) is 30.1 Å². The Morgan fingerprint density at radius 3 is 2.40 bits per heavy atom. The van der Waals surface area contributed by atoms with Gasteiger partial charge >= 0.3 is 5.97 Å². The third kappa shape index (κ3) is 4.16. The van der Waals surface area contributed by atoms with E-state index in [1.807, 2.05) is 0 Å². The SMILES string of the molecule is COC(=O)[C@H](C)Nc1ccc(F)cc1.Cl. The molecule has 1 N–H and O–H groups in total. The van der Waals surface area contributed by atoms with E-state index in [4.69, 9.17) is 0 Å². The van der Waals surface area contributed by atoms with Crippen molar-refractivity contribution in [2.75, 3.05) is 12.4 Å². The minimum Gasteiger partial charge on any atom is -0.467 e. The molecule has 1 rings (SSSR count). The molecule has 0 bridgehead atoms. The van der Waals surface area contributed by atoms with E-state index >= 15 is 0 Å². The molecule has 0 amide bonds. The number of rotatable bonds is 3. The molecule has 1 aromatic carbocycles. The first-order valence-electron chi connectivity index (χ1n) is 4.23. The standard InChI is InChI=1S/C10H12FNO2.ClH/c1-7(10(13)14-2)12-9-5-3-8(11)4-6-9;/h3-7,12H,1-2H3;1H/t7-;/m0./s1. The van der Waals surface area contributed by atoms with E-state index in [2.05, 4.69) is 10.1 Å². The molecule has 0 saturated carbocycles. The monoisotopic (exact) mass is 233 g/mol. The van der Waals surface area contributed by atoms with Crippen LogP contribution in [0.15, 0.2) is 24.3 Å². The van der Waals surface area contributed by atoms with Gasteiger partial charge in [-0.05, 0) is 31.2 Å². The van der Waals surface area contributed by atoms with Gasteiger partial charge in [-0.25, -0.2) is 9.18 Å². The zero-order chi connectivity index (χ0) is 10.6. The number of hydrogen-bond acceptors (Lipinski definition) is 3. The van der Waals surface area contributed by atoms with E-state index in [-0.39, 0.29) is 24.2 Å². The maximum atomic E-state index is 12.5. The topological polar surface area (TPSA) is 38.3 Å². The Morgan fingerprint density at radius 1 is 1.40 bits per heavy atom. The number of benzene rings is 1. The highest BCUT2D eigenvalue weighted by Gasteiger charge is 2.11. The van der Waals surface area contributed by atoms with Gasteiger partial charge in [0, 0.05) is 5.69 Å². The quantitative estimate of drug-likeness (QED) is 0.814. The Hall–Kier alpha value is -1.29. The predicted molar refractivity (Wildman–Crippen MR) is 58.7 cm³/mol. The number of hydrogen-bond donors (Lipinski definition) is 1. The van der Waals surface area contributed by atoms with Crippen LogP contribution in [-0.4, -0.2) is 19.1 Å². The van der Waals surface area contributed by atoms with Gasteiger partial charge in [0.1, 0.15) is 11.9 Å². The molecule has 0 radical (unpaired) electrons. The van der Waals surface area contributed by atoms with E-state index < -0.39 is 6.04 Å². The van der Waals surface area contributed by atoms with Crippen LogP contribution >= 0.6 is 12.4 Å². The summed E-state index contributed by atoms with van der Waals surface area (Å²) in [6.45, 7) is 1.68. The Balaban J connectivity index is 0.00000196. The van der Waals surface area contributed by atoms with Gasteiger partial charge in [0.05, 0.1) is 7.11 Å². The minimum atomic E-state index is -0.439. The molecule has 0 heterocycles. The predicted octanol–water partition coefficient (Wildman–Crippen LogP) is 2.22. The Bertz CT molecular complexity index is 316. The summed E-state index contributed by atoms with van der Waals surface area (Å²) in [4.78, 5) is 11.0. The molecule has 1 aromatic rings. The second kappa shape index (κ2) is 6.24. The molecular formula is C10H13ClFNO2. The van der Waals surface area contributed by atoms with Crippen molar-refractivity contribution in [3.63, 3.8) is 0 Å². The van der Waals surface area contributed by atoms with Gasteiger partial charge in [0.2, 0.25) is 0 Å². The molecule has 15 heavy (non-hydrogen) atoms. The molecule has 0 aliphatic heterocycles. The lowest BCUT2D eigenvalue weighted by atomic mass is 10.2.